The molecule has 1 aromatic rings. The first-order valence-corrected chi connectivity index (χ1v) is 7.21. The van der Waals surface area contributed by atoms with Crippen molar-refractivity contribution < 1.29 is 8.42 Å². The van der Waals surface area contributed by atoms with Gasteiger partial charge in [0.05, 0.1) is 6.04 Å². The van der Waals surface area contributed by atoms with Gasteiger partial charge in [-0.1, -0.05) is 13.8 Å². The van der Waals surface area contributed by atoms with Crippen molar-refractivity contribution in [3.05, 3.63) is 18.3 Å². The highest BCUT2D eigenvalue weighted by atomic mass is 32.2. The molecule has 2 N–H and O–H groups in total. The van der Waals surface area contributed by atoms with Gasteiger partial charge in [0.2, 0.25) is 5.96 Å². The molecule has 2 rings (SSSR count). The Morgan fingerprint density at radius 2 is 2.06 bits per heavy atom. The van der Waals surface area contributed by atoms with Gasteiger partial charge in [0, 0.05) is 6.20 Å². The summed E-state index contributed by atoms with van der Waals surface area (Å²) in [5.74, 6) is 0.863. The first-order valence-electron chi connectivity index (χ1n) is 5.73. The van der Waals surface area contributed by atoms with E-state index in [0.717, 1.165) is 0 Å². The molecule has 98 valence electrons. The Balaban J connectivity index is 2.38. The fourth-order valence-corrected chi connectivity index (χ4v) is 2.52. The van der Waals surface area contributed by atoms with Crippen LogP contribution in [0.15, 0.2) is 28.2 Å². The van der Waals surface area contributed by atoms with Gasteiger partial charge in [0.15, 0.2) is 5.82 Å². The lowest BCUT2D eigenvalue weighted by Gasteiger charge is -2.22. The average molecular weight is 268 g/mol. The minimum atomic E-state index is -3.57. The van der Waals surface area contributed by atoms with Crippen LogP contribution in [0.1, 0.15) is 20.8 Å². The maximum atomic E-state index is 12.0. The molecule has 2 heterocycles. The summed E-state index contributed by atoms with van der Waals surface area (Å²) in [4.78, 5) is 8.45. The van der Waals surface area contributed by atoms with Crippen molar-refractivity contribution >= 4 is 21.8 Å². The standard InChI is InChI=1S/C11H16N4O2S/c1-7(2)8(3)13-11-14-10-9(5-4-6-12-10)18(16,17)15-11/h4-8H,1-3H3,(H2,12,13,14,15). The van der Waals surface area contributed by atoms with Crippen molar-refractivity contribution in [3.63, 3.8) is 0 Å². The van der Waals surface area contributed by atoms with Gasteiger partial charge < -0.3 is 5.32 Å². The van der Waals surface area contributed by atoms with E-state index in [1.807, 2.05) is 20.8 Å². The zero-order valence-corrected chi connectivity index (χ0v) is 11.3. The van der Waals surface area contributed by atoms with Crippen molar-refractivity contribution in [1.82, 2.24) is 9.71 Å². The molecule has 1 unspecified atom stereocenters. The molecule has 0 radical (unpaired) electrons. The van der Waals surface area contributed by atoms with Crippen LogP contribution in [0.25, 0.3) is 0 Å². The number of sulfonamides is 1. The molecular formula is C11H16N4O2S. The molecule has 1 atom stereocenters. The Bertz CT molecular complexity index is 580. The summed E-state index contributed by atoms with van der Waals surface area (Å²) in [6, 6.07) is 3.10. The zero-order valence-electron chi connectivity index (χ0n) is 10.5. The van der Waals surface area contributed by atoms with Crippen molar-refractivity contribution in [1.29, 1.82) is 0 Å². The van der Waals surface area contributed by atoms with Crippen molar-refractivity contribution in [2.24, 2.45) is 10.9 Å². The minimum absolute atomic E-state index is 0.0143. The van der Waals surface area contributed by atoms with E-state index in [1.165, 1.54) is 12.3 Å². The molecule has 0 saturated carbocycles. The number of guanidine groups is 1. The third kappa shape index (κ3) is 2.45. The Morgan fingerprint density at radius 3 is 2.72 bits per heavy atom. The first kappa shape index (κ1) is 12.8. The molecule has 6 nitrogen and oxygen atoms in total. The van der Waals surface area contributed by atoms with Crippen LogP contribution in [0, 0.1) is 5.92 Å². The summed E-state index contributed by atoms with van der Waals surface area (Å²) in [5, 5.41) is 2.89. The lowest BCUT2D eigenvalue weighted by molar-refractivity contribution is 0.529. The summed E-state index contributed by atoms with van der Waals surface area (Å²) in [6.07, 6.45) is 1.54. The number of hydrogen-bond acceptors (Lipinski definition) is 4. The Kier molecular flexibility index (Phi) is 3.25. The van der Waals surface area contributed by atoms with Gasteiger partial charge in [-0.05, 0) is 25.0 Å². The number of anilines is 1. The Hall–Kier alpha value is -1.63. The van der Waals surface area contributed by atoms with E-state index in [0.29, 0.717) is 11.7 Å². The largest absolute Gasteiger partial charge is 0.309 e. The highest BCUT2D eigenvalue weighted by Gasteiger charge is 2.27. The summed E-state index contributed by atoms with van der Waals surface area (Å²) in [6.45, 7) is 5.98. The quantitative estimate of drug-likeness (QED) is 0.843. The van der Waals surface area contributed by atoms with Gasteiger partial charge in [-0.3, -0.25) is 0 Å². The SMILES string of the molecule is CC(C)C(C)N=C1Nc2ncccc2S(=O)(=O)N1. The molecule has 0 amide bonds. The number of pyridine rings is 1. The maximum Gasteiger partial charge on any atom is 0.267 e. The van der Waals surface area contributed by atoms with Crippen LogP contribution in [0.3, 0.4) is 0 Å². The molecule has 0 saturated heterocycles. The summed E-state index contributed by atoms with van der Waals surface area (Å²) < 4.78 is 26.3. The van der Waals surface area contributed by atoms with Crippen LogP contribution in [0.4, 0.5) is 5.82 Å². The van der Waals surface area contributed by atoms with Crippen LogP contribution in [-0.2, 0) is 10.0 Å². The smallest absolute Gasteiger partial charge is 0.267 e. The van der Waals surface area contributed by atoms with Gasteiger partial charge in [-0.15, -0.1) is 0 Å². The minimum Gasteiger partial charge on any atom is -0.309 e. The number of fused-ring (bicyclic) bond motifs is 1. The molecule has 0 bridgehead atoms. The average Bonchev–Trinajstić information content (AvgIpc) is 2.28. The van der Waals surface area contributed by atoms with Crippen LogP contribution >= 0.6 is 0 Å². The van der Waals surface area contributed by atoms with Crippen LogP contribution in [0.2, 0.25) is 0 Å². The van der Waals surface area contributed by atoms with E-state index in [4.69, 9.17) is 0 Å². The second-order valence-electron chi connectivity index (χ2n) is 4.54. The van der Waals surface area contributed by atoms with Gasteiger partial charge in [-0.25, -0.2) is 23.1 Å². The van der Waals surface area contributed by atoms with Gasteiger partial charge >= 0.3 is 0 Å². The van der Waals surface area contributed by atoms with Crippen LogP contribution in [0.5, 0.6) is 0 Å². The number of aliphatic imine (C=N–C) groups is 1. The van der Waals surface area contributed by atoms with Crippen molar-refractivity contribution in [3.8, 4) is 0 Å². The van der Waals surface area contributed by atoms with Crippen molar-refractivity contribution in [2.45, 2.75) is 31.7 Å². The van der Waals surface area contributed by atoms with Gasteiger partial charge in [0.25, 0.3) is 10.0 Å². The fourth-order valence-electron chi connectivity index (χ4n) is 1.43. The first-order chi connectivity index (χ1) is 8.40. The second kappa shape index (κ2) is 4.56. The van der Waals surface area contributed by atoms with E-state index < -0.39 is 10.0 Å². The molecule has 0 fully saturated rings. The number of nitrogens with one attached hydrogen (secondary N) is 2. The lowest BCUT2D eigenvalue weighted by atomic mass is 10.1. The molecule has 7 heteroatoms. The molecule has 1 aromatic heterocycles. The van der Waals surface area contributed by atoms with Gasteiger partial charge in [-0.2, -0.15) is 0 Å². The highest BCUT2D eigenvalue weighted by molar-refractivity contribution is 7.90. The molecule has 0 spiro atoms. The monoisotopic (exact) mass is 268 g/mol. The van der Waals surface area contributed by atoms with E-state index in [9.17, 15) is 8.42 Å². The number of hydrogen-bond donors (Lipinski definition) is 2. The normalized spacial score (nSPS) is 21.0. The van der Waals surface area contributed by atoms with E-state index in [2.05, 4.69) is 20.0 Å². The molecule has 18 heavy (non-hydrogen) atoms. The molecule has 0 aromatic carbocycles. The molecule has 1 aliphatic rings. The third-order valence-electron chi connectivity index (χ3n) is 2.83. The second-order valence-corrected chi connectivity index (χ2v) is 6.19. The third-order valence-corrected chi connectivity index (χ3v) is 4.20. The van der Waals surface area contributed by atoms with Crippen LogP contribution < -0.4 is 10.0 Å². The summed E-state index contributed by atoms with van der Waals surface area (Å²) in [7, 11) is -3.57. The molecule has 1 aliphatic heterocycles. The van der Waals surface area contributed by atoms with Crippen molar-refractivity contribution in [2.75, 3.05) is 5.32 Å². The Morgan fingerprint density at radius 1 is 1.33 bits per heavy atom. The predicted octanol–water partition coefficient (Wildman–Crippen LogP) is 1.19. The van der Waals surface area contributed by atoms with E-state index in [1.54, 1.807) is 6.07 Å². The predicted molar refractivity (Wildman–Crippen MR) is 69.9 cm³/mol. The zero-order chi connectivity index (χ0) is 13.3. The Labute approximate surface area is 107 Å². The number of nitrogens with zero attached hydrogens (tertiary/aromatic N) is 2. The topological polar surface area (TPSA) is 83.5 Å². The molecule has 0 aliphatic carbocycles. The number of aromatic nitrogens is 1. The van der Waals surface area contributed by atoms with Crippen LogP contribution in [-0.4, -0.2) is 25.4 Å². The number of rotatable bonds is 2. The van der Waals surface area contributed by atoms with E-state index in [-0.39, 0.29) is 16.9 Å². The lowest BCUT2D eigenvalue weighted by Crippen LogP contribution is -2.42. The molecular weight excluding hydrogens is 252 g/mol. The summed E-state index contributed by atoms with van der Waals surface area (Å²) >= 11 is 0. The maximum absolute atomic E-state index is 12.0. The summed E-state index contributed by atoms with van der Waals surface area (Å²) in [5.41, 5.74) is 0. The van der Waals surface area contributed by atoms with Gasteiger partial charge in [0.1, 0.15) is 4.90 Å². The highest BCUT2D eigenvalue weighted by Crippen LogP contribution is 2.21. The fraction of sp³-hybridized carbons (Fsp3) is 0.455. The van der Waals surface area contributed by atoms with E-state index >= 15 is 0 Å².